The van der Waals surface area contributed by atoms with Crippen LogP contribution in [0.3, 0.4) is 0 Å². The van der Waals surface area contributed by atoms with Crippen molar-refractivity contribution in [3.63, 3.8) is 0 Å². The highest BCUT2D eigenvalue weighted by Crippen LogP contribution is 2.34. The Hall–Kier alpha value is -1.31. The summed E-state index contributed by atoms with van der Waals surface area (Å²) in [6.07, 6.45) is 0. The zero-order valence-electron chi connectivity index (χ0n) is 12.8. The summed E-state index contributed by atoms with van der Waals surface area (Å²) < 4.78 is 0. The third-order valence-electron chi connectivity index (χ3n) is 4.29. The van der Waals surface area contributed by atoms with E-state index in [9.17, 15) is 0 Å². The first-order valence-corrected chi connectivity index (χ1v) is 7.30. The largest absolute Gasteiger partial charge is 0.320 e. The van der Waals surface area contributed by atoms with Crippen LogP contribution in [-0.2, 0) is 0 Å². The first-order chi connectivity index (χ1) is 9.34. The fraction of sp³-hybridized carbons (Fsp3) is 0.333. The smallest absolute Gasteiger partial charge is 0.0571 e. The molecule has 0 aliphatic heterocycles. The molecule has 2 aromatic rings. The number of aryl methyl sites for hydroxylation is 3. The average Bonchev–Trinajstić information content (AvgIpc) is 2.40. The second-order valence-corrected chi connectivity index (χ2v) is 6.01. The summed E-state index contributed by atoms with van der Waals surface area (Å²) >= 11 is 6.44. The van der Waals surface area contributed by atoms with Gasteiger partial charge < -0.3 is 5.73 Å². The predicted molar refractivity (Wildman–Crippen MR) is 87.6 cm³/mol. The van der Waals surface area contributed by atoms with E-state index in [-0.39, 0.29) is 6.04 Å². The first kappa shape index (κ1) is 15.1. The molecule has 2 N–H and O–H groups in total. The van der Waals surface area contributed by atoms with Crippen molar-refractivity contribution >= 4 is 11.6 Å². The molecule has 0 spiro atoms. The second-order valence-electron chi connectivity index (χ2n) is 5.63. The predicted octanol–water partition coefficient (Wildman–Crippen LogP) is 4.93. The van der Waals surface area contributed by atoms with Crippen LogP contribution in [0, 0.1) is 34.6 Å². The number of benzene rings is 2. The van der Waals surface area contributed by atoms with E-state index in [1.807, 2.05) is 25.1 Å². The van der Waals surface area contributed by atoms with Crippen molar-refractivity contribution in [3.05, 3.63) is 68.2 Å². The summed E-state index contributed by atoms with van der Waals surface area (Å²) in [4.78, 5) is 0. The van der Waals surface area contributed by atoms with Crippen LogP contribution < -0.4 is 5.73 Å². The van der Waals surface area contributed by atoms with Gasteiger partial charge >= 0.3 is 0 Å². The molecule has 106 valence electrons. The Morgan fingerprint density at radius 1 is 0.900 bits per heavy atom. The third kappa shape index (κ3) is 2.48. The lowest BCUT2D eigenvalue weighted by atomic mass is 9.87. The molecule has 0 saturated heterocycles. The highest BCUT2D eigenvalue weighted by atomic mass is 35.5. The molecule has 0 aliphatic rings. The summed E-state index contributed by atoms with van der Waals surface area (Å²) in [7, 11) is 0. The van der Waals surface area contributed by atoms with Crippen molar-refractivity contribution in [1.29, 1.82) is 0 Å². The molecule has 0 bridgehead atoms. The molecule has 2 heteroatoms. The monoisotopic (exact) mass is 287 g/mol. The lowest BCUT2D eigenvalue weighted by Gasteiger charge is -2.22. The number of nitrogens with two attached hydrogens (primary N) is 1. The van der Waals surface area contributed by atoms with Crippen LogP contribution in [0.4, 0.5) is 0 Å². The van der Waals surface area contributed by atoms with Crippen LogP contribution >= 0.6 is 11.6 Å². The minimum atomic E-state index is -0.180. The molecule has 0 heterocycles. The Labute approximate surface area is 126 Å². The molecule has 2 aromatic carbocycles. The normalized spacial score (nSPS) is 12.6. The standard InChI is InChI=1S/C18H22ClN/c1-10-7-6-8-15(17(10)19)18(20)16-13(4)11(2)9-12(3)14(16)5/h6-9,18H,20H2,1-5H3. The fourth-order valence-electron chi connectivity index (χ4n) is 2.78. The lowest BCUT2D eigenvalue weighted by Crippen LogP contribution is -2.17. The van der Waals surface area contributed by atoms with Gasteiger partial charge in [-0.05, 0) is 73.6 Å². The lowest BCUT2D eigenvalue weighted by molar-refractivity contribution is 0.844. The molecule has 20 heavy (non-hydrogen) atoms. The topological polar surface area (TPSA) is 26.0 Å². The summed E-state index contributed by atoms with van der Waals surface area (Å²) in [5, 5.41) is 0.776. The molecule has 0 radical (unpaired) electrons. The Balaban J connectivity index is 2.65. The quantitative estimate of drug-likeness (QED) is 0.833. The van der Waals surface area contributed by atoms with Gasteiger partial charge in [0.1, 0.15) is 0 Å². The van der Waals surface area contributed by atoms with Crippen LogP contribution in [-0.4, -0.2) is 0 Å². The van der Waals surface area contributed by atoms with Gasteiger partial charge in [-0.1, -0.05) is 35.9 Å². The van der Waals surface area contributed by atoms with E-state index >= 15 is 0 Å². The van der Waals surface area contributed by atoms with E-state index < -0.39 is 0 Å². The van der Waals surface area contributed by atoms with Crippen LogP contribution in [0.15, 0.2) is 24.3 Å². The van der Waals surface area contributed by atoms with Gasteiger partial charge in [0.25, 0.3) is 0 Å². The number of hydrogen-bond acceptors (Lipinski definition) is 1. The van der Waals surface area contributed by atoms with Crippen LogP contribution in [0.1, 0.15) is 45.0 Å². The molecule has 2 rings (SSSR count). The summed E-state index contributed by atoms with van der Waals surface area (Å²) in [6.45, 7) is 10.6. The molecule has 0 saturated carbocycles. The van der Waals surface area contributed by atoms with E-state index in [1.54, 1.807) is 0 Å². The van der Waals surface area contributed by atoms with Gasteiger partial charge in [-0.15, -0.1) is 0 Å². The Kier molecular flexibility index (Phi) is 4.22. The summed E-state index contributed by atoms with van der Waals surface area (Å²) in [5.74, 6) is 0. The third-order valence-corrected chi connectivity index (χ3v) is 4.81. The fourth-order valence-corrected chi connectivity index (χ4v) is 3.02. The van der Waals surface area contributed by atoms with Gasteiger partial charge in [0.15, 0.2) is 0 Å². The first-order valence-electron chi connectivity index (χ1n) is 6.92. The molecule has 0 aromatic heterocycles. The van der Waals surface area contributed by atoms with Gasteiger partial charge in [0.05, 0.1) is 6.04 Å². The minimum Gasteiger partial charge on any atom is -0.320 e. The van der Waals surface area contributed by atoms with Crippen LogP contribution in [0.5, 0.6) is 0 Å². The summed E-state index contributed by atoms with van der Waals surface area (Å²) in [5.41, 5.74) is 14.9. The van der Waals surface area contributed by atoms with E-state index in [2.05, 4.69) is 33.8 Å². The minimum absolute atomic E-state index is 0.180. The summed E-state index contributed by atoms with van der Waals surface area (Å²) in [6, 6.07) is 8.10. The molecule has 1 unspecified atom stereocenters. The number of rotatable bonds is 2. The molecule has 1 nitrogen and oxygen atoms in total. The molecule has 0 amide bonds. The second kappa shape index (κ2) is 5.59. The zero-order valence-corrected chi connectivity index (χ0v) is 13.6. The van der Waals surface area contributed by atoms with Gasteiger partial charge in [-0.3, -0.25) is 0 Å². The maximum absolute atomic E-state index is 6.54. The highest BCUT2D eigenvalue weighted by molar-refractivity contribution is 6.32. The molecule has 1 atom stereocenters. The Bertz CT molecular complexity index is 633. The van der Waals surface area contributed by atoms with Gasteiger partial charge in [-0.2, -0.15) is 0 Å². The van der Waals surface area contributed by atoms with Crippen molar-refractivity contribution < 1.29 is 0 Å². The maximum Gasteiger partial charge on any atom is 0.0571 e. The SMILES string of the molecule is Cc1cc(C)c(C)c(C(N)c2cccc(C)c2Cl)c1C. The molecule has 0 aliphatic carbocycles. The van der Waals surface area contributed by atoms with Crippen molar-refractivity contribution in [1.82, 2.24) is 0 Å². The number of hydrogen-bond donors (Lipinski definition) is 1. The maximum atomic E-state index is 6.54. The molecular weight excluding hydrogens is 266 g/mol. The molecular formula is C18H22ClN. The van der Waals surface area contributed by atoms with E-state index in [1.165, 1.54) is 27.8 Å². The van der Waals surface area contributed by atoms with Crippen LogP contribution in [0.25, 0.3) is 0 Å². The molecule has 0 fully saturated rings. The van der Waals surface area contributed by atoms with Crippen molar-refractivity contribution in [2.45, 2.75) is 40.7 Å². The van der Waals surface area contributed by atoms with Crippen molar-refractivity contribution in [2.75, 3.05) is 0 Å². The van der Waals surface area contributed by atoms with Gasteiger partial charge in [0, 0.05) is 5.02 Å². The Morgan fingerprint density at radius 2 is 1.45 bits per heavy atom. The average molecular weight is 288 g/mol. The zero-order chi connectivity index (χ0) is 15.0. The van der Waals surface area contributed by atoms with E-state index in [0.717, 1.165) is 16.1 Å². The van der Waals surface area contributed by atoms with Gasteiger partial charge in [-0.25, -0.2) is 0 Å². The van der Waals surface area contributed by atoms with Crippen molar-refractivity contribution in [2.24, 2.45) is 5.73 Å². The van der Waals surface area contributed by atoms with Gasteiger partial charge in [0.2, 0.25) is 0 Å². The van der Waals surface area contributed by atoms with Crippen LogP contribution in [0.2, 0.25) is 5.02 Å². The van der Waals surface area contributed by atoms with E-state index in [0.29, 0.717) is 0 Å². The van der Waals surface area contributed by atoms with E-state index in [4.69, 9.17) is 17.3 Å². The van der Waals surface area contributed by atoms with Crippen molar-refractivity contribution in [3.8, 4) is 0 Å². The Morgan fingerprint density at radius 3 is 2.00 bits per heavy atom. The highest BCUT2D eigenvalue weighted by Gasteiger charge is 2.19. The number of halogens is 1.